The van der Waals surface area contributed by atoms with Crippen LogP contribution in [-0.2, 0) is 0 Å². The van der Waals surface area contributed by atoms with Gasteiger partial charge in [-0.15, -0.1) is 0 Å². The molecule has 2 heterocycles. The number of rotatable bonds is 2. The van der Waals surface area contributed by atoms with Crippen LogP contribution in [0.25, 0.3) is 0 Å². The highest BCUT2D eigenvalue weighted by molar-refractivity contribution is 6.11. The lowest BCUT2D eigenvalue weighted by molar-refractivity contribution is 0.103. The number of ketones is 1. The molecule has 5 nitrogen and oxygen atoms in total. The summed E-state index contributed by atoms with van der Waals surface area (Å²) in [7, 11) is 0. The number of nitrogen functional groups attached to an aromatic ring is 1. The molecule has 0 fully saturated rings. The first-order chi connectivity index (χ1) is 6.29. The maximum Gasteiger partial charge on any atom is 0.201 e. The van der Waals surface area contributed by atoms with Crippen LogP contribution in [0.15, 0.2) is 29.2 Å². The van der Waals surface area contributed by atoms with Crippen molar-refractivity contribution < 1.29 is 9.21 Å². The molecule has 0 aliphatic rings. The number of aromatic amines is 1. The zero-order valence-corrected chi connectivity index (χ0v) is 6.65. The highest BCUT2D eigenvalue weighted by atomic mass is 16.3. The number of nitrogens with two attached hydrogens (primary N) is 1. The number of nitrogens with one attached hydrogen (secondary N) is 1. The minimum Gasteiger partial charge on any atom is -0.472 e. The number of hydrogen-bond donors (Lipinski definition) is 2. The molecular weight excluding hydrogens is 170 g/mol. The molecule has 0 bridgehead atoms. The first-order valence-electron chi connectivity index (χ1n) is 3.65. The molecule has 0 unspecified atom stereocenters. The van der Waals surface area contributed by atoms with Crippen molar-refractivity contribution in [3.05, 3.63) is 35.9 Å². The number of nitrogens with zero attached hydrogens (tertiary/aromatic N) is 1. The number of aromatic nitrogens is 2. The van der Waals surface area contributed by atoms with Crippen LogP contribution < -0.4 is 5.73 Å². The van der Waals surface area contributed by atoms with E-state index in [-0.39, 0.29) is 11.6 Å². The third-order valence-electron chi connectivity index (χ3n) is 1.70. The Morgan fingerprint density at radius 3 is 3.00 bits per heavy atom. The summed E-state index contributed by atoms with van der Waals surface area (Å²) in [6, 6.07) is 1.58. The van der Waals surface area contributed by atoms with Crippen LogP contribution in [0.1, 0.15) is 15.9 Å². The molecule has 0 aliphatic carbocycles. The predicted molar refractivity (Wildman–Crippen MR) is 45.1 cm³/mol. The fraction of sp³-hybridized carbons (Fsp3) is 0. The zero-order valence-electron chi connectivity index (χ0n) is 6.65. The van der Waals surface area contributed by atoms with E-state index in [4.69, 9.17) is 10.2 Å². The van der Waals surface area contributed by atoms with Gasteiger partial charge in [-0.2, -0.15) is 5.10 Å². The van der Waals surface area contributed by atoms with Crippen molar-refractivity contribution in [2.75, 3.05) is 5.73 Å². The Bertz CT molecular complexity index is 416. The van der Waals surface area contributed by atoms with E-state index in [9.17, 15) is 4.79 Å². The van der Waals surface area contributed by atoms with Gasteiger partial charge in [0.2, 0.25) is 5.78 Å². The fourth-order valence-corrected chi connectivity index (χ4v) is 1.03. The van der Waals surface area contributed by atoms with Gasteiger partial charge in [-0.05, 0) is 6.07 Å². The van der Waals surface area contributed by atoms with Gasteiger partial charge in [0, 0.05) is 6.20 Å². The maximum atomic E-state index is 11.6. The van der Waals surface area contributed by atoms with Crippen molar-refractivity contribution in [3.8, 4) is 0 Å². The van der Waals surface area contributed by atoms with Crippen molar-refractivity contribution in [1.29, 1.82) is 0 Å². The third kappa shape index (κ3) is 1.20. The van der Waals surface area contributed by atoms with E-state index in [1.165, 1.54) is 18.7 Å². The largest absolute Gasteiger partial charge is 0.472 e. The fourth-order valence-electron chi connectivity index (χ4n) is 1.03. The van der Waals surface area contributed by atoms with Crippen molar-refractivity contribution >= 4 is 11.6 Å². The predicted octanol–water partition coefficient (Wildman–Crippen LogP) is 0.816. The summed E-state index contributed by atoms with van der Waals surface area (Å²) in [5.74, 6) is 0.00574. The van der Waals surface area contributed by atoms with E-state index < -0.39 is 0 Å². The summed E-state index contributed by atoms with van der Waals surface area (Å²) in [6.07, 6.45) is 4.27. The van der Waals surface area contributed by atoms with Gasteiger partial charge in [0.15, 0.2) is 5.82 Å². The van der Waals surface area contributed by atoms with Crippen molar-refractivity contribution in [3.63, 3.8) is 0 Å². The molecular formula is C8H7N3O2. The smallest absolute Gasteiger partial charge is 0.201 e. The molecule has 0 saturated heterocycles. The Hall–Kier alpha value is -2.04. The van der Waals surface area contributed by atoms with Gasteiger partial charge in [-0.3, -0.25) is 9.89 Å². The van der Waals surface area contributed by atoms with Crippen molar-refractivity contribution in [2.45, 2.75) is 0 Å². The molecule has 0 amide bonds. The highest BCUT2D eigenvalue weighted by Gasteiger charge is 2.14. The van der Waals surface area contributed by atoms with Gasteiger partial charge < -0.3 is 10.2 Å². The van der Waals surface area contributed by atoms with E-state index in [0.29, 0.717) is 11.1 Å². The summed E-state index contributed by atoms with van der Waals surface area (Å²) in [4.78, 5) is 11.6. The normalized spacial score (nSPS) is 10.2. The molecule has 5 heteroatoms. The topological polar surface area (TPSA) is 84.9 Å². The van der Waals surface area contributed by atoms with Crippen LogP contribution in [0, 0.1) is 0 Å². The number of H-pyrrole nitrogens is 1. The lowest BCUT2D eigenvalue weighted by Gasteiger charge is -1.92. The Balaban J connectivity index is 2.39. The van der Waals surface area contributed by atoms with Crippen molar-refractivity contribution in [2.24, 2.45) is 0 Å². The number of anilines is 1. The SMILES string of the molecule is Nc1n[nH]cc1C(=O)c1ccoc1. The summed E-state index contributed by atoms with van der Waals surface area (Å²) in [5.41, 5.74) is 6.28. The Morgan fingerprint density at radius 2 is 2.46 bits per heavy atom. The van der Waals surface area contributed by atoms with Crippen LogP contribution in [-0.4, -0.2) is 16.0 Å². The van der Waals surface area contributed by atoms with Gasteiger partial charge in [0.05, 0.1) is 17.4 Å². The van der Waals surface area contributed by atoms with Gasteiger partial charge in [0.25, 0.3) is 0 Å². The quantitative estimate of drug-likeness (QED) is 0.665. The van der Waals surface area contributed by atoms with Gasteiger partial charge >= 0.3 is 0 Å². The minimum atomic E-state index is -0.194. The molecule has 2 aromatic heterocycles. The summed E-state index contributed by atoms with van der Waals surface area (Å²) in [6.45, 7) is 0. The second kappa shape index (κ2) is 2.78. The second-order valence-electron chi connectivity index (χ2n) is 2.53. The van der Waals surface area contributed by atoms with Gasteiger partial charge in [-0.25, -0.2) is 0 Å². The second-order valence-corrected chi connectivity index (χ2v) is 2.53. The molecule has 0 atom stereocenters. The van der Waals surface area contributed by atoms with Crippen LogP contribution in [0.2, 0.25) is 0 Å². The van der Waals surface area contributed by atoms with Crippen LogP contribution in [0.5, 0.6) is 0 Å². The van der Waals surface area contributed by atoms with E-state index in [1.807, 2.05) is 0 Å². The van der Waals surface area contributed by atoms with Crippen LogP contribution in [0.4, 0.5) is 5.82 Å². The molecule has 66 valence electrons. The molecule has 0 radical (unpaired) electrons. The van der Waals surface area contributed by atoms with Gasteiger partial charge in [-0.1, -0.05) is 0 Å². The molecule has 0 saturated carbocycles. The Kier molecular flexibility index (Phi) is 1.63. The standard InChI is InChI=1S/C8H7N3O2/c9-8-6(3-10-11-8)7(12)5-1-2-13-4-5/h1-4H,(H3,9,10,11). The third-order valence-corrected chi connectivity index (χ3v) is 1.70. The number of carbonyl (C=O) groups is 1. The zero-order chi connectivity index (χ0) is 9.26. The summed E-state index contributed by atoms with van der Waals surface area (Å²) < 4.78 is 4.78. The average Bonchev–Trinajstić information content (AvgIpc) is 2.72. The minimum absolute atomic E-state index is 0.194. The molecule has 2 aromatic rings. The molecule has 0 aromatic carbocycles. The monoisotopic (exact) mass is 177 g/mol. The number of carbonyl (C=O) groups excluding carboxylic acids is 1. The number of hydrogen-bond acceptors (Lipinski definition) is 4. The Morgan fingerprint density at radius 1 is 1.62 bits per heavy atom. The maximum absolute atomic E-state index is 11.6. The lowest BCUT2D eigenvalue weighted by atomic mass is 10.1. The van der Waals surface area contributed by atoms with E-state index >= 15 is 0 Å². The van der Waals surface area contributed by atoms with Crippen LogP contribution in [0.3, 0.4) is 0 Å². The van der Waals surface area contributed by atoms with Gasteiger partial charge in [0.1, 0.15) is 6.26 Å². The molecule has 13 heavy (non-hydrogen) atoms. The van der Waals surface area contributed by atoms with Crippen molar-refractivity contribution in [1.82, 2.24) is 10.2 Å². The summed E-state index contributed by atoms with van der Waals surface area (Å²) >= 11 is 0. The summed E-state index contributed by atoms with van der Waals surface area (Å²) in [5, 5.41) is 6.16. The van der Waals surface area contributed by atoms with Crippen LogP contribution >= 0.6 is 0 Å². The highest BCUT2D eigenvalue weighted by Crippen LogP contribution is 2.13. The van der Waals surface area contributed by atoms with E-state index in [0.717, 1.165) is 0 Å². The molecule has 2 rings (SSSR count). The molecule has 0 aliphatic heterocycles. The van der Waals surface area contributed by atoms with E-state index in [1.54, 1.807) is 6.07 Å². The lowest BCUT2D eigenvalue weighted by Crippen LogP contribution is -2.01. The number of furan rings is 1. The average molecular weight is 177 g/mol. The first kappa shape index (κ1) is 7.60. The molecule has 3 N–H and O–H groups in total. The molecule has 0 spiro atoms. The first-order valence-corrected chi connectivity index (χ1v) is 3.65. The Labute approximate surface area is 73.5 Å². The van der Waals surface area contributed by atoms with E-state index in [2.05, 4.69) is 10.2 Å².